The summed E-state index contributed by atoms with van der Waals surface area (Å²) in [5.41, 5.74) is 6.34. The van der Waals surface area contributed by atoms with Gasteiger partial charge in [-0.05, 0) is 18.1 Å². The minimum atomic E-state index is -0.521. The average molecular weight is 222 g/mol. The molecule has 0 bridgehead atoms. The van der Waals surface area contributed by atoms with E-state index in [9.17, 15) is 9.90 Å². The van der Waals surface area contributed by atoms with Gasteiger partial charge in [0.15, 0.2) is 0 Å². The highest BCUT2D eigenvalue weighted by Crippen LogP contribution is 2.16. The molecule has 2 atom stereocenters. The fourth-order valence-corrected chi connectivity index (χ4v) is 1.32. The summed E-state index contributed by atoms with van der Waals surface area (Å²) in [6, 6.07) is 5.89. The largest absolute Gasteiger partial charge is 0.508 e. The van der Waals surface area contributed by atoms with Crippen molar-refractivity contribution in [2.45, 2.75) is 26.3 Å². The Labute approximate surface area is 95.5 Å². The molecule has 0 saturated carbocycles. The highest BCUT2D eigenvalue weighted by molar-refractivity contribution is 5.94. The quantitative estimate of drug-likeness (QED) is 0.725. The van der Waals surface area contributed by atoms with Crippen molar-refractivity contribution in [3.8, 4) is 5.75 Å². The van der Waals surface area contributed by atoms with Crippen LogP contribution in [0.2, 0.25) is 0 Å². The number of phenolic OH excluding ortho intramolecular Hbond substituents is 1. The van der Waals surface area contributed by atoms with E-state index in [1.165, 1.54) is 6.07 Å². The van der Waals surface area contributed by atoms with Crippen LogP contribution in [-0.2, 0) is 4.79 Å². The normalized spacial score (nSPS) is 14.2. The Kier molecular flexibility index (Phi) is 4.31. The summed E-state index contributed by atoms with van der Waals surface area (Å²) in [6.45, 7) is 3.93. The van der Waals surface area contributed by atoms with Crippen molar-refractivity contribution < 1.29 is 9.90 Å². The van der Waals surface area contributed by atoms with Crippen LogP contribution in [0.25, 0.3) is 0 Å². The van der Waals surface area contributed by atoms with Crippen molar-refractivity contribution in [3.63, 3.8) is 0 Å². The minimum absolute atomic E-state index is 0.120. The first-order valence-corrected chi connectivity index (χ1v) is 5.40. The second-order valence-corrected chi connectivity index (χ2v) is 3.95. The van der Waals surface area contributed by atoms with E-state index in [1.54, 1.807) is 18.2 Å². The number of anilines is 1. The lowest BCUT2D eigenvalue weighted by Gasteiger charge is -2.17. The maximum atomic E-state index is 11.7. The van der Waals surface area contributed by atoms with Gasteiger partial charge in [-0.2, -0.15) is 0 Å². The second-order valence-electron chi connectivity index (χ2n) is 3.95. The van der Waals surface area contributed by atoms with E-state index >= 15 is 0 Å². The lowest BCUT2D eigenvalue weighted by molar-refractivity contribution is -0.118. The third kappa shape index (κ3) is 3.24. The summed E-state index contributed by atoms with van der Waals surface area (Å²) in [6.07, 6.45) is 0.856. The Balaban J connectivity index is 2.64. The Morgan fingerprint density at radius 2 is 2.25 bits per heavy atom. The fourth-order valence-electron chi connectivity index (χ4n) is 1.32. The topological polar surface area (TPSA) is 75.4 Å². The van der Waals surface area contributed by atoms with Gasteiger partial charge in [0.1, 0.15) is 5.75 Å². The SMILES string of the molecule is CC[C@H](C)[C@H](N)C(=O)Nc1cccc(O)c1. The van der Waals surface area contributed by atoms with Gasteiger partial charge in [0.2, 0.25) is 5.91 Å². The molecule has 0 radical (unpaired) electrons. The number of benzene rings is 1. The van der Waals surface area contributed by atoms with E-state index < -0.39 is 6.04 Å². The number of aromatic hydroxyl groups is 1. The van der Waals surface area contributed by atoms with E-state index in [0.29, 0.717) is 5.69 Å². The zero-order chi connectivity index (χ0) is 12.1. The number of rotatable bonds is 4. The molecule has 0 unspecified atom stereocenters. The number of nitrogens with one attached hydrogen (secondary N) is 1. The number of nitrogens with two attached hydrogens (primary N) is 1. The van der Waals surface area contributed by atoms with Crippen molar-refractivity contribution in [2.75, 3.05) is 5.32 Å². The van der Waals surface area contributed by atoms with Gasteiger partial charge in [-0.3, -0.25) is 4.79 Å². The zero-order valence-electron chi connectivity index (χ0n) is 9.60. The molecule has 88 valence electrons. The number of phenols is 1. The summed E-state index contributed by atoms with van der Waals surface area (Å²) in [4.78, 5) is 11.7. The van der Waals surface area contributed by atoms with Crippen molar-refractivity contribution in [2.24, 2.45) is 11.7 Å². The summed E-state index contributed by atoms with van der Waals surface area (Å²) < 4.78 is 0. The van der Waals surface area contributed by atoms with Crippen LogP contribution >= 0.6 is 0 Å². The van der Waals surface area contributed by atoms with Crippen molar-refractivity contribution >= 4 is 11.6 Å². The molecular weight excluding hydrogens is 204 g/mol. The third-order valence-corrected chi connectivity index (χ3v) is 2.67. The number of amides is 1. The molecule has 0 aliphatic carbocycles. The van der Waals surface area contributed by atoms with E-state index in [-0.39, 0.29) is 17.6 Å². The molecular formula is C12H18N2O2. The molecule has 0 saturated heterocycles. The molecule has 4 heteroatoms. The van der Waals surface area contributed by atoms with Crippen molar-refractivity contribution in [1.82, 2.24) is 0 Å². The van der Waals surface area contributed by atoms with Gasteiger partial charge in [0, 0.05) is 11.8 Å². The zero-order valence-corrected chi connectivity index (χ0v) is 9.60. The van der Waals surface area contributed by atoms with Gasteiger partial charge in [-0.25, -0.2) is 0 Å². The fraction of sp³-hybridized carbons (Fsp3) is 0.417. The van der Waals surface area contributed by atoms with Crippen molar-refractivity contribution in [1.29, 1.82) is 0 Å². The number of carbonyl (C=O) groups is 1. The van der Waals surface area contributed by atoms with Gasteiger partial charge in [0.25, 0.3) is 0 Å². The molecule has 4 N–H and O–H groups in total. The Morgan fingerprint density at radius 1 is 1.56 bits per heavy atom. The second kappa shape index (κ2) is 5.51. The highest BCUT2D eigenvalue weighted by atomic mass is 16.3. The summed E-state index contributed by atoms with van der Waals surface area (Å²) in [5.74, 6) is 0.0344. The molecule has 0 heterocycles. The van der Waals surface area contributed by atoms with Crippen LogP contribution in [0.4, 0.5) is 5.69 Å². The number of carbonyl (C=O) groups excluding carboxylic acids is 1. The molecule has 0 aliphatic heterocycles. The summed E-state index contributed by atoms with van der Waals surface area (Å²) in [5, 5.41) is 11.9. The first kappa shape index (κ1) is 12.5. The highest BCUT2D eigenvalue weighted by Gasteiger charge is 2.19. The smallest absolute Gasteiger partial charge is 0.241 e. The molecule has 0 aromatic heterocycles. The number of hydrogen-bond donors (Lipinski definition) is 3. The van der Waals surface area contributed by atoms with Crippen LogP contribution < -0.4 is 11.1 Å². The van der Waals surface area contributed by atoms with Crippen LogP contribution in [0.15, 0.2) is 24.3 Å². The van der Waals surface area contributed by atoms with Gasteiger partial charge in [-0.15, -0.1) is 0 Å². The summed E-state index contributed by atoms with van der Waals surface area (Å²) >= 11 is 0. The predicted molar refractivity (Wildman–Crippen MR) is 64.2 cm³/mol. The molecule has 0 spiro atoms. The van der Waals surface area contributed by atoms with E-state index in [0.717, 1.165) is 6.42 Å². The van der Waals surface area contributed by atoms with Crippen molar-refractivity contribution in [3.05, 3.63) is 24.3 Å². The van der Waals surface area contributed by atoms with E-state index in [1.807, 2.05) is 13.8 Å². The van der Waals surface area contributed by atoms with Gasteiger partial charge in [0.05, 0.1) is 6.04 Å². The standard InChI is InChI=1S/C12H18N2O2/c1-3-8(2)11(13)12(16)14-9-5-4-6-10(15)7-9/h4-8,11,15H,3,13H2,1-2H3,(H,14,16)/t8-,11-/m0/s1. The maximum Gasteiger partial charge on any atom is 0.241 e. The van der Waals surface area contributed by atoms with Gasteiger partial charge < -0.3 is 16.2 Å². The third-order valence-electron chi connectivity index (χ3n) is 2.67. The van der Waals surface area contributed by atoms with E-state index in [4.69, 9.17) is 5.73 Å². The molecule has 1 amide bonds. The van der Waals surface area contributed by atoms with E-state index in [2.05, 4.69) is 5.32 Å². The molecule has 0 fully saturated rings. The Morgan fingerprint density at radius 3 is 2.81 bits per heavy atom. The first-order chi connectivity index (χ1) is 7.54. The molecule has 1 rings (SSSR count). The molecule has 16 heavy (non-hydrogen) atoms. The van der Waals surface area contributed by atoms with Crippen LogP contribution in [0, 0.1) is 5.92 Å². The van der Waals surface area contributed by atoms with Gasteiger partial charge >= 0.3 is 0 Å². The number of hydrogen-bond acceptors (Lipinski definition) is 3. The van der Waals surface area contributed by atoms with Crippen LogP contribution in [-0.4, -0.2) is 17.1 Å². The first-order valence-electron chi connectivity index (χ1n) is 5.40. The monoisotopic (exact) mass is 222 g/mol. The average Bonchev–Trinajstić information content (AvgIpc) is 2.27. The maximum absolute atomic E-state index is 11.7. The Bertz CT molecular complexity index is 366. The predicted octanol–water partition coefficient (Wildman–Crippen LogP) is 1.70. The minimum Gasteiger partial charge on any atom is -0.508 e. The lowest BCUT2D eigenvalue weighted by atomic mass is 9.99. The Hall–Kier alpha value is -1.55. The van der Waals surface area contributed by atoms with Crippen LogP contribution in [0.5, 0.6) is 5.75 Å². The molecule has 4 nitrogen and oxygen atoms in total. The lowest BCUT2D eigenvalue weighted by Crippen LogP contribution is -2.40. The van der Waals surface area contributed by atoms with Crippen LogP contribution in [0.1, 0.15) is 20.3 Å². The molecule has 1 aromatic carbocycles. The van der Waals surface area contributed by atoms with Gasteiger partial charge in [-0.1, -0.05) is 26.3 Å². The summed E-state index contributed by atoms with van der Waals surface area (Å²) in [7, 11) is 0. The molecule has 1 aromatic rings. The molecule has 0 aliphatic rings. The van der Waals surface area contributed by atoms with Crippen LogP contribution in [0.3, 0.4) is 0 Å².